The smallest absolute Gasteiger partial charge is 0.278 e. The topological polar surface area (TPSA) is 59.1 Å². The van der Waals surface area contributed by atoms with Crippen molar-refractivity contribution in [3.63, 3.8) is 0 Å². The van der Waals surface area contributed by atoms with Crippen molar-refractivity contribution in [2.24, 2.45) is 5.92 Å². The maximum absolute atomic E-state index is 13.6. The summed E-state index contributed by atoms with van der Waals surface area (Å²) in [7, 11) is 3.13. The molecule has 31 heavy (non-hydrogen) atoms. The average Bonchev–Trinajstić information content (AvgIpc) is 3.04. The summed E-state index contributed by atoms with van der Waals surface area (Å²) in [6, 6.07) is 15.0. The molecule has 6 nitrogen and oxygen atoms in total. The van der Waals surface area contributed by atoms with Gasteiger partial charge >= 0.3 is 0 Å². The summed E-state index contributed by atoms with van der Waals surface area (Å²) in [5.41, 5.74) is 2.53. The number of hydrogen-bond donors (Lipinski definition) is 0. The Morgan fingerprint density at radius 2 is 1.71 bits per heavy atom. The largest absolute Gasteiger partial charge is 0.493 e. The van der Waals surface area contributed by atoms with Crippen LogP contribution in [0.3, 0.4) is 0 Å². The molecule has 1 saturated heterocycles. The number of hydrogen-bond acceptors (Lipinski definition) is 5. The van der Waals surface area contributed by atoms with E-state index in [1.165, 1.54) is 4.90 Å². The summed E-state index contributed by atoms with van der Waals surface area (Å²) in [4.78, 5) is 30.5. The fraction of sp³-hybridized carbons (Fsp3) is 0.360. The highest BCUT2D eigenvalue weighted by molar-refractivity contribution is 6.35. The first kappa shape index (κ1) is 21.0. The van der Waals surface area contributed by atoms with Crippen molar-refractivity contribution in [2.75, 3.05) is 27.3 Å². The van der Waals surface area contributed by atoms with Gasteiger partial charge in [0.25, 0.3) is 11.8 Å². The zero-order valence-electron chi connectivity index (χ0n) is 18.3. The predicted octanol–water partition coefficient (Wildman–Crippen LogP) is 3.72. The van der Waals surface area contributed by atoms with Gasteiger partial charge in [0.15, 0.2) is 11.5 Å². The van der Waals surface area contributed by atoms with E-state index in [9.17, 15) is 9.59 Å². The monoisotopic (exact) mass is 420 g/mol. The Balaban J connectivity index is 1.78. The molecule has 2 aromatic rings. The maximum atomic E-state index is 13.6. The second-order valence-electron chi connectivity index (χ2n) is 8.17. The Morgan fingerprint density at radius 3 is 2.39 bits per heavy atom. The third-order valence-electron chi connectivity index (χ3n) is 5.97. The lowest BCUT2D eigenvalue weighted by molar-refractivity contribution is -0.138. The van der Waals surface area contributed by atoms with Crippen LogP contribution < -0.4 is 9.47 Å². The zero-order valence-corrected chi connectivity index (χ0v) is 18.3. The Labute approximate surface area is 183 Å². The first-order chi connectivity index (χ1) is 15.0. The van der Waals surface area contributed by atoms with E-state index >= 15 is 0 Å². The summed E-state index contributed by atoms with van der Waals surface area (Å²) in [5.74, 6) is 1.08. The summed E-state index contributed by atoms with van der Waals surface area (Å²) < 4.78 is 10.8. The normalized spacial score (nSPS) is 19.3. The molecule has 1 unspecified atom stereocenters. The van der Waals surface area contributed by atoms with Gasteiger partial charge in [-0.3, -0.25) is 14.5 Å². The van der Waals surface area contributed by atoms with Crippen molar-refractivity contribution in [1.82, 2.24) is 9.80 Å². The van der Waals surface area contributed by atoms with Gasteiger partial charge in [0.2, 0.25) is 0 Å². The van der Waals surface area contributed by atoms with Crippen LogP contribution in [-0.4, -0.2) is 48.9 Å². The van der Waals surface area contributed by atoms with Crippen LogP contribution in [0.1, 0.15) is 30.9 Å². The molecule has 2 aliphatic rings. The molecule has 0 spiro atoms. The number of amides is 2. The van der Waals surface area contributed by atoms with Crippen LogP contribution in [-0.2, 0) is 16.1 Å². The van der Waals surface area contributed by atoms with Crippen molar-refractivity contribution in [3.8, 4) is 11.5 Å². The van der Waals surface area contributed by atoms with E-state index in [1.54, 1.807) is 26.4 Å². The molecule has 4 rings (SSSR count). The Kier molecular flexibility index (Phi) is 5.98. The molecule has 0 radical (unpaired) electrons. The van der Waals surface area contributed by atoms with Gasteiger partial charge in [-0.05, 0) is 42.0 Å². The standard InChI is InChI=1S/C25H28N2O4/c1-17-8-7-13-26(15-17)23-22(19-11-12-20(30-2)21(14-19)31-3)24(28)27(25(23)29)16-18-9-5-4-6-10-18/h4-6,9-12,14,17H,7-8,13,15-16H2,1-3H3. The van der Waals surface area contributed by atoms with Crippen LogP contribution in [0, 0.1) is 5.92 Å². The van der Waals surface area contributed by atoms with Crippen LogP contribution in [0.25, 0.3) is 5.57 Å². The number of nitrogens with zero attached hydrogens (tertiary/aromatic N) is 2. The molecule has 0 aliphatic carbocycles. The third-order valence-corrected chi connectivity index (χ3v) is 5.97. The van der Waals surface area contributed by atoms with Gasteiger partial charge in [-0.15, -0.1) is 0 Å². The second-order valence-corrected chi connectivity index (χ2v) is 8.17. The third kappa shape index (κ3) is 4.02. The van der Waals surface area contributed by atoms with Crippen LogP contribution in [0.15, 0.2) is 54.2 Å². The van der Waals surface area contributed by atoms with Gasteiger partial charge < -0.3 is 14.4 Å². The van der Waals surface area contributed by atoms with E-state index in [4.69, 9.17) is 9.47 Å². The van der Waals surface area contributed by atoms with Crippen LogP contribution in [0.4, 0.5) is 0 Å². The van der Waals surface area contributed by atoms with Gasteiger partial charge in [0.1, 0.15) is 5.70 Å². The number of rotatable bonds is 6. The summed E-state index contributed by atoms with van der Waals surface area (Å²) in [5, 5.41) is 0. The lowest BCUT2D eigenvalue weighted by Crippen LogP contribution is -2.39. The molecule has 2 heterocycles. The van der Waals surface area contributed by atoms with Crippen molar-refractivity contribution >= 4 is 17.4 Å². The van der Waals surface area contributed by atoms with Crippen molar-refractivity contribution in [1.29, 1.82) is 0 Å². The predicted molar refractivity (Wildman–Crippen MR) is 118 cm³/mol. The molecule has 0 bridgehead atoms. The molecule has 2 amide bonds. The van der Waals surface area contributed by atoms with E-state index in [0.717, 1.165) is 31.5 Å². The van der Waals surface area contributed by atoms with Gasteiger partial charge in [0, 0.05) is 13.1 Å². The fourth-order valence-corrected chi connectivity index (χ4v) is 4.41. The number of likely N-dealkylation sites (tertiary alicyclic amines) is 1. The molecule has 6 heteroatoms. The number of carbonyl (C=O) groups is 2. The van der Waals surface area contributed by atoms with Crippen LogP contribution >= 0.6 is 0 Å². The van der Waals surface area contributed by atoms with Crippen molar-refractivity contribution in [2.45, 2.75) is 26.3 Å². The SMILES string of the molecule is COc1ccc(C2=C(N3CCCC(C)C3)C(=O)N(Cc3ccccc3)C2=O)cc1OC. The summed E-state index contributed by atoms with van der Waals surface area (Å²) >= 11 is 0. The quantitative estimate of drug-likeness (QED) is 0.667. The number of imide groups is 1. The minimum atomic E-state index is -0.269. The molecular formula is C25H28N2O4. The second kappa shape index (κ2) is 8.84. The average molecular weight is 421 g/mol. The van der Waals surface area contributed by atoms with Crippen LogP contribution in [0.5, 0.6) is 11.5 Å². The highest BCUT2D eigenvalue weighted by Gasteiger charge is 2.42. The molecule has 2 aromatic carbocycles. The van der Waals surface area contributed by atoms with Crippen molar-refractivity contribution in [3.05, 3.63) is 65.4 Å². The number of ether oxygens (including phenoxy) is 2. The van der Waals surface area contributed by atoms with E-state index in [-0.39, 0.29) is 18.4 Å². The minimum Gasteiger partial charge on any atom is -0.493 e. The highest BCUT2D eigenvalue weighted by atomic mass is 16.5. The van der Waals surface area contributed by atoms with E-state index in [2.05, 4.69) is 11.8 Å². The number of piperidine rings is 1. The van der Waals surface area contributed by atoms with E-state index < -0.39 is 0 Å². The number of benzene rings is 2. The van der Waals surface area contributed by atoms with E-state index in [0.29, 0.717) is 34.3 Å². The first-order valence-corrected chi connectivity index (χ1v) is 10.6. The number of methoxy groups -OCH3 is 2. The molecule has 162 valence electrons. The van der Waals surface area contributed by atoms with E-state index in [1.807, 2.05) is 36.4 Å². The molecule has 1 atom stereocenters. The van der Waals surface area contributed by atoms with Gasteiger partial charge in [-0.1, -0.05) is 43.3 Å². The lowest BCUT2D eigenvalue weighted by Gasteiger charge is -2.33. The molecule has 0 saturated carbocycles. The van der Waals surface area contributed by atoms with Gasteiger partial charge in [0.05, 0.1) is 26.3 Å². The minimum absolute atomic E-state index is 0.229. The Bertz CT molecular complexity index is 1020. The van der Waals surface area contributed by atoms with Crippen molar-refractivity contribution < 1.29 is 19.1 Å². The molecule has 0 N–H and O–H groups in total. The lowest BCUT2D eigenvalue weighted by atomic mass is 9.97. The Hall–Kier alpha value is -3.28. The fourth-order valence-electron chi connectivity index (χ4n) is 4.41. The first-order valence-electron chi connectivity index (χ1n) is 10.6. The highest BCUT2D eigenvalue weighted by Crippen LogP contribution is 2.38. The maximum Gasteiger partial charge on any atom is 0.278 e. The molecule has 2 aliphatic heterocycles. The van der Waals surface area contributed by atoms with Crippen LogP contribution in [0.2, 0.25) is 0 Å². The van der Waals surface area contributed by atoms with Gasteiger partial charge in [-0.2, -0.15) is 0 Å². The molecule has 0 aromatic heterocycles. The molecule has 1 fully saturated rings. The Morgan fingerprint density at radius 1 is 0.968 bits per heavy atom. The molecular weight excluding hydrogens is 392 g/mol. The summed E-state index contributed by atoms with van der Waals surface area (Å²) in [6.45, 7) is 3.98. The summed E-state index contributed by atoms with van der Waals surface area (Å²) in [6.07, 6.45) is 2.13. The zero-order chi connectivity index (χ0) is 22.0. The number of carbonyl (C=O) groups excluding carboxylic acids is 2. The van der Waals surface area contributed by atoms with Gasteiger partial charge in [-0.25, -0.2) is 0 Å².